The fourth-order valence-corrected chi connectivity index (χ4v) is 1.39. The standard InChI is InChI=1S/C8H7N3OS2/c9-4-14-5-1-2-6(7(12)3-5)11-8(10)13/h1-3,12H,(H3,10,11,13). The van der Waals surface area contributed by atoms with Crippen LogP contribution in [0.5, 0.6) is 5.75 Å². The molecule has 0 aliphatic heterocycles. The summed E-state index contributed by atoms with van der Waals surface area (Å²) in [6.07, 6.45) is 0. The summed E-state index contributed by atoms with van der Waals surface area (Å²) in [4.78, 5) is 0.665. The number of thiocarbonyl (C=S) groups is 1. The maximum atomic E-state index is 9.47. The molecule has 0 bridgehead atoms. The van der Waals surface area contributed by atoms with Crippen molar-refractivity contribution in [3.63, 3.8) is 0 Å². The van der Waals surface area contributed by atoms with Gasteiger partial charge in [-0.25, -0.2) is 0 Å². The molecule has 72 valence electrons. The van der Waals surface area contributed by atoms with Crippen molar-refractivity contribution in [3.05, 3.63) is 18.2 Å². The maximum absolute atomic E-state index is 9.47. The molecule has 0 heterocycles. The first-order valence-corrected chi connectivity index (χ1v) is 4.81. The first-order chi connectivity index (χ1) is 6.63. The van der Waals surface area contributed by atoms with Gasteiger partial charge in [-0.05, 0) is 42.2 Å². The van der Waals surface area contributed by atoms with E-state index >= 15 is 0 Å². The minimum absolute atomic E-state index is 0.0121. The number of thioether (sulfide) groups is 1. The number of phenols is 1. The van der Waals surface area contributed by atoms with E-state index < -0.39 is 0 Å². The molecule has 0 spiro atoms. The molecule has 0 saturated carbocycles. The molecule has 0 aliphatic rings. The van der Waals surface area contributed by atoms with E-state index in [2.05, 4.69) is 17.5 Å². The summed E-state index contributed by atoms with van der Waals surface area (Å²) in [7, 11) is 0. The first kappa shape index (κ1) is 10.6. The number of benzene rings is 1. The second kappa shape index (κ2) is 4.69. The molecular formula is C8H7N3OS2. The number of hydrogen-bond acceptors (Lipinski definition) is 4. The van der Waals surface area contributed by atoms with Gasteiger partial charge in [-0.1, -0.05) is 0 Å². The van der Waals surface area contributed by atoms with Crippen LogP contribution in [0.4, 0.5) is 5.69 Å². The Bertz CT molecular complexity index is 400. The molecular weight excluding hydrogens is 218 g/mol. The predicted molar refractivity (Wildman–Crippen MR) is 60.0 cm³/mol. The Balaban J connectivity index is 2.90. The highest BCUT2D eigenvalue weighted by molar-refractivity contribution is 8.03. The highest BCUT2D eigenvalue weighted by atomic mass is 32.2. The third-order valence-corrected chi connectivity index (χ3v) is 2.07. The smallest absolute Gasteiger partial charge is 0.168 e. The third kappa shape index (κ3) is 2.80. The van der Waals surface area contributed by atoms with Gasteiger partial charge in [-0.3, -0.25) is 0 Å². The lowest BCUT2D eigenvalue weighted by atomic mass is 10.3. The van der Waals surface area contributed by atoms with Gasteiger partial charge in [0.15, 0.2) is 5.11 Å². The quantitative estimate of drug-likeness (QED) is 0.307. The van der Waals surface area contributed by atoms with E-state index in [0.29, 0.717) is 10.6 Å². The fraction of sp³-hybridized carbons (Fsp3) is 0. The van der Waals surface area contributed by atoms with E-state index in [4.69, 9.17) is 11.0 Å². The van der Waals surface area contributed by atoms with Crippen molar-refractivity contribution in [2.45, 2.75) is 4.90 Å². The molecule has 0 aliphatic carbocycles. The number of phenolic OH excluding ortho intramolecular Hbond substituents is 1. The van der Waals surface area contributed by atoms with Crippen LogP contribution in [0.3, 0.4) is 0 Å². The van der Waals surface area contributed by atoms with Crippen LogP contribution in [0, 0.1) is 10.7 Å². The van der Waals surface area contributed by atoms with E-state index in [1.807, 2.05) is 5.40 Å². The monoisotopic (exact) mass is 225 g/mol. The molecule has 6 heteroatoms. The highest BCUT2D eigenvalue weighted by Gasteiger charge is 2.02. The van der Waals surface area contributed by atoms with E-state index in [9.17, 15) is 5.11 Å². The summed E-state index contributed by atoms with van der Waals surface area (Å²) in [5.74, 6) is 0.0121. The number of aromatic hydroxyl groups is 1. The molecule has 0 radical (unpaired) electrons. The van der Waals surface area contributed by atoms with Crippen molar-refractivity contribution >= 4 is 34.8 Å². The first-order valence-electron chi connectivity index (χ1n) is 3.59. The van der Waals surface area contributed by atoms with Crippen molar-refractivity contribution in [2.24, 2.45) is 5.73 Å². The Hall–Kier alpha value is -1.45. The molecule has 1 aromatic carbocycles. The van der Waals surface area contributed by atoms with E-state index in [1.54, 1.807) is 12.1 Å². The van der Waals surface area contributed by atoms with Gasteiger partial charge in [0.05, 0.1) is 5.69 Å². The Morgan fingerprint density at radius 2 is 2.36 bits per heavy atom. The van der Waals surface area contributed by atoms with Gasteiger partial charge in [-0.2, -0.15) is 5.26 Å². The summed E-state index contributed by atoms with van der Waals surface area (Å²) in [5.41, 5.74) is 5.67. The molecule has 0 aromatic heterocycles. The second-order valence-corrected chi connectivity index (χ2v) is 3.66. The average molecular weight is 225 g/mol. The van der Waals surface area contributed by atoms with Gasteiger partial charge >= 0.3 is 0 Å². The number of nitriles is 1. The topological polar surface area (TPSA) is 82.1 Å². The van der Waals surface area contributed by atoms with Crippen LogP contribution in [0.15, 0.2) is 23.1 Å². The third-order valence-electron chi connectivity index (χ3n) is 1.39. The average Bonchev–Trinajstić information content (AvgIpc) is 2.10. The minimum Gasteiger partial charge on any atom is -0.506 e. The van der Waals surface area contributed by atoms with Crippen LogP contribution in [0.25, 0.3) is 0 Å². The summed E-state index contributed by atoms with van der Waals surface area (Å²) < 4.78 is 0. The van der Waals surface area contributed by atoms with Crippen LogP contribution in [0.1, 0.15) is 0 Å². The van der Waals surface area contributed by atoms with Gasteiger partial charge in [0.1, 0.15) is 11.2 Å². The Kier molecular flexibility index (Phi) is 3.56. The predicted octanol–water partition coefficient (Wildman–Crippen LogP) is 1.62. The van der Waals surface area contributed by atoms with Crippen LogP contribution >= 0.6 is 24.0 Å². The SMILES string of the molecule is N#CSc1ccc(NC(N)=S)c(O)c1. The number of anilines is 1. The van der Waals surface area contributed by atoms with Crippen LogP contribution < -0.4 is 11.1 Å². The van der Waals surface area contributed by atoms with Gasteiger partial charge in [0, 0.05) is 4.90 Å². The lowest BCUT2D eigenvalue weighted by Crippen LogP contribution is -2.18. The van der Waals surface area contributed by atoms with Crippen molar-refractivity contribution in [1.29, 1.82) is 5.26 Å². The van der Waals surface area contributed by atoms with Gasteiger partial charge in [0.2, 0.25) is 0 Å². The van der Waals surface area contributed by atoms with Crippen molar-refractivity contribution in [3.8, 4) is 11.2 Å². The number of rotatable bonds is 2. The lowest BCUT2D eigenvalue weighted by molar-refractivity contribution is 0.476. The van der Waals surface area contributed by atoms with Crippen LogP contribution in [0.2, 0.25) is 0 Å². The number of nitrogens with zero attached hydrogens (tertiary/aromatic N) is 1. The number of nitrogens with two attached hydrogens (primary N) is 1. The minimum atomic E-state index is 0.0121. The van der Waals surface area contributed by atoms with E-state index in [1.165, 1.54) is 6.07 Å². The molecule has 0 saturated heterocycles. The number of nitrogens with one attached hydrogen (secondary N) is 1. The van der Waals surface area contributed by atoms with Crippen molar-refractivity contribution in [2.75, 3.05) is 5.32 Å². The Morgan fingerprint density at radius 1 is 1.64 bits per heavy atom. The summed E-state index contributed by atoms with van der Waals surface area (Å²) in [5, 5.41) is 22.5. The molecule has 0 atom stereocenters. The highest BCUT2D eigenvalue weighted by Crippen LogP contribution is 2.28. The molecule has 0 unspecified atom stereocenters. The fourth-order valence-electron chi connectivity index (χ4n) is 0.866. The van der Waals surface area contributed by atoms with Gasteiger partial charge < -0.3 is 16.2 Å². The van der Waals surface area contributed by atoms with Gasteiger partial charge in [0.25, 0.3) is 0 Å². The summed E-state index contributed by atoms with van der Waals surface area (Å²) in [6.45, 7) is 0. The zero-order chi connectivity index (χ0) is 10.6. The normalized spacial score (nSPS) is 9.07. The second-order valence-electron chi connectivity index (χ2n) is 2.36. The molecule has 1 rings (SSSR count). The van der Waals surface area contributed by atoms with Crippen molar-refractivity contribution in [1.82, 2.24) is 0 Å². The molecule has 0 amide bonds. The molecule has 14 heavy (non-hydrogen) atoms. The zero-order valence-corrected chi connectivity index (χ0v) is 8.65. The molecule has 0 fully saturated rings. The number of thiocyanates is 1. The van der Waals surface area contributed by atoms with E-state index in [0.717, 1.165) is 11.8 Å². The van der Waals surface area contributed by atoms with Crippen molar-refractivity contribution < 1.29 is 5.11 Å². The summed E-state index contributed by atoms with van der Waals surface area (Å²) >= 11 is 5.59. The maximum Gasteiger partial charge on any atom is 0.168 e. The Labute approximate surface area is 90.7 Å². The van der Waals surface area contributed by atoms with Gasteiger partial charge in [-0.15, -0.1) is 0 Å². The van der Waals surface area contributed by atoms with Crippen LogP contribution in [-0.4, -0.2) is 10.2 Å². The molecule has 4 nitrogen and oxygen atoms in total. The molecule has 1 aromatic rings. The number of hydrogen-bond donors (Lipinski definition) is 3. The van der Waals surface area contributed by atoms with E-state index in [-0.39, 0.29) is 10.9 Å². The lowest BCUT2D eigenvalue weighted by Gasteiger charge is -2.06. The summed E-state index contributed by atoms with van der Waals surface area (Å²) in [6, 6.07) is 4.76. The molecule has 4 N–H and O–H groups in total. The zero-order valence-electron chi connectivity index (χ0n) is 7.02. The Morgan fingerprint density at radius 3 is 2.86 bits per heavy atom. The van der Waals surface area contributed by atoms with Crippen LogP contribution in [-0.2, 0) is 0 Å². The largest absolute Gasteiger partial charge is 0.506 e.